The van der Waals surface area contributed by atoms with Crippen LogP contribution in [0.4, 0.5) is 0 Å². The molecule has 0 radical (unpaired) electrons. The van der Waals surface area contributed by atoms with Crippen molar-refractivity contribution in [2.45, 2.75) is 12.8 Å². The maximum absolute atomic E-state index is 2.44. The average Bonchev–Trinajstić information content (AvgIpc) is 3.86. The van der Waals surface area contributed by atoms with Crippen LogP contribution in [0.15, 0.2) is 218 Å². The van der Waals surface area contributed by atoms with Gasteiger partial charge in [0.15, 0.2) is 0 Å². The van der Waals surface area contributed by atoms with Crippen LogP contribution in [0.25, 0.3) is 121 Å². The second kappa shape index (κ2) is 13.8. The van der Waals surface area contributed by atoms with Gasteiger partial charge in [-0.1, -0.05) is 164 Å². The van der Waals surface area contributed by atoms with Gasteiger partial charge in [-0.15, -0.1) is 0 Å². The first-order chi connectivity index (χ1) is 30.7. The summed E-state index contributed by atoms with van der Waals surface area (Å²) in [6, 6.07) is 74.2. The molecule has 2 heteroatoms. The number of allylic oxidation sites excluding steroid dienone is 4. The number of para-hydroxylation sites is 2. The highest BCUT2D eigenvalue weighted by molar-refractivity contribution is 6.25. The largest absolute Gasteiger partial charge is 0.310 e. The zero-order valence-electron chi connectivity index (χ0n) is 34.1. The predicted octanol–water partition coefficient (Wildman–Crippen LogP) is 16.5. The molecule has 0 spiro atoms. The second-order valence-corrected chi connectivity index (χ2v) is 16.8. The van der Waals surface area contributed by atoms with Crippen LogP contribution in [0, 0.1) is 0 Å². The standard InChI is InChI=1S/C60H40N2/c1-2-12-45(13-3-1)61-57-20-10-8-18-52(57)55-36-43(30-34-59(55)61)41-26-22-39(23-27-41)40-24-28-42(29-25-40)44-31-35-60-56(37-44)53-19-9-11-21-58(53)62(60)46-32-33-51-49-16-5-4-14-47(49)48-15-6-7-17-50(48)54(51)38-46/h2,4-38H,1,3H2. The summed E-state index contributed by atoms with van der Waals surface area (Å²) < 4.78 is 4.86. The van der Waals surface area contributed by atoms with Crippen LogP contribution < -0.4 is 0 Å². The number of aromatic nitrogens is 2. The van der Waals surface area contributed by atoms with E-state index in [1.807, 2.05) is 0 Å². The smallest absolute Gasteiger partial charge is 0.0541 e. The Kier molecular flexibility index (Phi) is 7.77. The van der Waals surface area contributed by atoms with E-state index in [0.29, 0.717) is 0 Å². The summed E-state index contributed by atoms with van der Waals surface area (Å²) in [4.78, 5) is 0. The normalized spacial score (nSPS) is 13.1. The van der Waals surface area contributed by atoms with Crippen LogP contribution in [0.5, 0.6) is 0 Å². The molecule has 10 aromatic carbocycles. The lowest BCUT2D eigenvalue weighted by molar-refractivity contribution is 1.02. The minimum absolute atomic E-state index is 1.08. The summed E-state index contributed by atoms with van der Waals surface area (Å²) in [6.07, 6.45) is 9.10. The van der Waals surface area contributed by atoms with Gasteiger partial charge in [-0.05, 0) is 133 Å². The fourth-order valence-electron chi connectivity index (χ4n) is 10.4. The average molecular weight is 789 g/mol. The molecule has 0 amide bonds. The van der Waals surface area contributed by atoms with Gasteiger partial charge < -0.3 is 9.13 Å². The SMILES string of the molecule is C1=CC(n2c3ccccc3c3cc(-c4ccc(-c5ccc(-c6ccc7c(c6)c6ccccc6n7-c6ccc7c8ccccc8c8ccccc8c7c6)cc5)cc4)ccc32)=CCC1. The van der Waals surface area contributed by atoms with Crippen molar-refractivity contribution in [1.29, 1.82) is 0 Å². The van der Waals surface area contributed by atoms with Crippen LogP contribution in [-0.2, 0) is 0 Å². The molecule has 0 aliphatic heterocycles. The second-order valence-electron chi connectivity index (χ2n) is 16.8. The molecule has 0 N–H and O–H groups in total. The molecule has 0 bridgehead atoms. The van der Waals surface area contributed by atoms with Crippen molar-refractivity contribution in [3.8, 4) is 39.1 Å². The Morgan fingerprint density at radius 3 is 1.19 bits per heavy atom. The number of nitrogens with zero attached hydrogens (tertiary/aromatic N) is 2. The molecule has 0 unspecified atom stereocenters. The first-order valence-corrected chi connectivity index (χ1v) is 21.7. The first kappa shape index (κ1) is 34.9. The Morgan fingerprint density at radius 1 is 0.274 bits per heavy atom. The number of hydrogen-bond acceptors (Lipinski definition) is 0. The van der Waals surface area contributed by atoms with Crippen molar-refractivity contribution in [3.05, 3.63) is 218 Å². The monoisotopic (exact) mass is 788 g/mol. The van der Waals surface area contributed by atoms with Gasteiger partial charge >= 0.3 is 0 Å². The van der Waals surface area contributed by atoms with Crippen LogP contribution in [-0.4, -0.2) is 9.13 Å². The molecule has 290 valence electrons. The quantitative estimate of drug-likeness (QED) is 0.154. The minimum atomic E-state index is 1.08. The lowest BCUT2D eigenvalue weighted by Crippen LogP contribution is -1.96. The van der Waals surface area contributed by atoms with Crippen molar-refractivity contribution in [1.82, 2.24) is 9.13 Å². The molecular weight excluding hydrogens is 749 g/mol. The molecule has 62 heavy (non-hydrogen) atoms. The van der Waals surface area contributed by atoms with E-state index in [9.17, 15) is 0 Å². The molecule has 0 atom stereocenters. The summed E-state index contributed by atoms with van der Waals surface area (Å²) >= 11 is 0. The van der Waals surface area contributed by atoms with E-state index >= 15 is 0 Å². The van der Waals surface area contributed by atoms with Crippen molar-refractivity contribution < 1.29 is 0 Å². The first-order valence-electron chi connectivity index (χ1n) is 21.7. The minimum Gasteiger partial charge on any atom is -0.310 e. The van der Waals surface area contributed by atoms with Gasteiger partial charge in [0, 0.05) is 32.9 Å². The lowest BCUT2D eigenvalue weighted by atomic mass is 9.94. The Labute approximate surface area is 359 Å². The predicted molar refractivity (Wildman–Crippen MR) is 265 cm³/mol. The summed E-state index contributed by atoms with van der Waals surface area (Å²) in [5.74, 6) is 0. The molecule has 0 saturated carbocycles. The molecule has 0 saturated heterocycles. The Morgan fingerprint density at radius 2 is 0.677 bits per heavy atom. The molecule has 13 rings (SSSR count). The van der Waals surface area contributed by atoms with Crippen molar-refractivity contribution in [3.63, 3.8) is 0 Å². The Bertz CT molecular complexity index is 3800. The summed E-state index contributed by atoms with van der Waals surface area (Å²) in [6.45, 7) is 0. The van der Waals surface area contributed by atoms with Gasteiger partial charge in [0.2, 0.25) is 0 Å². The number of fused-ring (bicyclic) bond motifs is 12. The summed E-state index contributed by atoms with van der Waals surface area (Å²) in [5.41, 5.74) is 14.7. The molecule has 2 aromatic heterocycles. The molecule has 2 nitrogen and oxygen atoms in total. The van der Waals surface area contributed by atoms with Gasteiger partial charge in [-0.3, -0.25) is 0 Å². The highest BCUT2D eigenvalue weighted by Gasteiger charge is 2.17. The summed E-state index contributed by atoms with van der Waals surface area (Å²) in [7, 11) is 0. The van der Waals surface area contributed by atoms with E-state index in [0.717, 1.165) is 12.8 Å². The highest BCUT2D eigenvalue weighted by Crippen LogP contribution is 2.40. The van der Waals surface area contributed by atoms with Gasteiger partial charge in [0.05, 0.1) is 22.1 Å². The van der Waals surface area contributed by atoms with Gasteiger partial charge in [-0.2, -0.15) is 0 Å². The third kappa shape index (κ3) is 5.36. The third-order valence-electron chi connectivity index (χ3n) is 13.3. The maximum atomic E-state index is 2.44. The van der Waals surface area contributed by atoms with E-state index in [1.54, 1.807) is 0 Å². The van der Waals surface area contributed by atoms with E-state index in [-0.39, 0.29) is 0 Å². The van der Waals surface area contributed by atoms with Crippen LogP contribution >= 0.6 is 0 Å². The number of hydrogen-bond donors (Lipinski definition) is 0. The fraction of sp³-hybridized carbons (Fsp3) is 0.0333. The molecule has 0 fully saturated rings. The van der Waals surface area contributed by atoms with E-state index in [2.05, 4.69) is 228 Å². The van der Waals surface area contributed by atoms with Gasteiger partial charge in [0.1, 0.15) is 0 Å². The third-order valence-corrected chi connectivity index (χ3v) is 13.3. The Hall–Kier alpha value is -7.94. The highest BCUT2D eigenvalue weighted by atomic mass is 15.0. The Balaban J connectivity index is 0.833. The van der Waals surface area contributed by atoms with Crippen molar-refractivity contribution in [2.24, 2.45) is 0 Å². The molecule has 1 aliphatic rings. The maximum Gasteiger partial charge on any atom is 0.0541 e. The molecule has 1 aliphatic carbocycles. The van der Waals surface area contributed by atoms with Gasteiger partial charge in [-0.25, -0.2) is 0 Å². The zero-order chi connectivity index (χ0) is 40.7. The van der Waals surface area contributed by atoms with Crippen LogP contribution in [0.1, 0.15) is 12.8 Å². The van der Waals surface area contributed by atoms with Crippen LogP contribution in [0.2, 0.25) is 0 Å². The molecule has 12 aromatic rings. The van der Waals surface area contributed by atoms with Gasteiger partial charge in [0.25, 0.3) is 0 Å². The topological polar surface area (TPSA) is 9.86 Å². The van der Waals surface area contributed by atoms with E-state index < -0.39 is 0 Å². The fourth-order valence-corrected chi connectivity index (χ4v) is 10.4. The van der Waals surface area contributed by atoms with E-state index in [1.165, 1.54) is 121 Å². The van der Waals surface area contributed by atoms with Crippen molar-refractivity contribution >= 4 is 81.6 Å². The molecular formula is C60H40N2. The van der Waals surface area contributed by atoms with Crippen molar-refractivity contribution in [2.75, 3.05) is 0 Å². The number of benzene rings is 10. The number of rotatable bonds is 5. The van der Waals surface area contributed by atoms with E-state index in [4.69, 9.17) is 0 Å². The zero-order valence-corrected chi connectivity index (χ0v) is 34.1. The van der Waals surface area contributed by atoms with Crippen LogP contribution in [0.3, 0.4) is 0 Å². The summed E-state index contributed by atoms with van der Waals surface area (Å²) in [5, 5.41) is 12.8. The lowest BCUT2D eigenvalue weighted by Gasteiger charge is -2.14. The molecule has 2 heterocycles.